The van der Waals surface area contributed by atoms with E-state index in [2.05, 4.69) is 0 Å². The molecule has 0 aromatic heterocycles. The predicted octanol–water partition coefficient (Wildman–Crippen LogP) is 9.20. The van der Waals surface area contributed by atoms with Gasteiger partial charge in [-0.05, 0) is 22.3 Å². The van der Waals surface area contributed by atoms with Crippen molar-refractivity contribution in [2.45, 2.75) is 28.2 Å². The third kappa shape index (κ3) is 1.71. The van der Waals surface area contributed by atoms with Crippen LogP contribution in [-0.4, -0.2) is 8.67 Å². The van der Waals surface area contributed by atoms with Gasteiger partial charge in [-0.2, -0.15) is 0 Å². The molecule has 4 aliphatic carbocycles. The van der Waals surface area contributed by atoms with E-state index in [1.165, 1.54) is 0 Å². The molecule has 150 valence electrons. The number of fused-ring (bicyclic) bond motifs is 10. The molecule has 4 aliphatic rings. The summed E-state index contributed by atoms with van der Waals surface area (Å²) in [6.45, 7) is 0. The maximum absolute atomic E-state index is 6.84. The van der Waals surface area contributed by atoms with Gasteiger partial charge in [0.05, 0.1) is 20.1 Å². The van der Waals surface area contributed by atoms with Gasteiger partial charge in [0.15, 0.2) is 8.67 Å². The summed E-state index contributed by atoms with van der Waals surface area (Å²) in [6.07, 6.45) is 0. The molecule has 0 aliphatic heterocycles. The summed E-state index contributed by atoms with van der Waals surface area (Å²) < 4.78 is -3.60. The molecule has 0 saturated carbocycles. The van der Waals surface area contributed by atoms with Crippen molar-refractivity contribution in [3.05, 3.63) is 54.5 Å². The Bertz CT molecular complexity index is 925. The first-order valence-electron chi connectivity index (χ1n) is 7.42. The zero-order valence-corrected chi connectivity index (χ0v) is 21.8. The molecule has 1 aromatic rings. The molecule has 0 amide bonds. The number of rotatable bonds is 0. The minimum Gasteiger partial charge on any atom is -0.104 e. The Hall–Kier alpha value is 2.18. The van der Waals surface area contributed by atoms with Crippen LogP contribution in [0.2, 0.25) is 0 Å². The average Bonchev–Trinajstić information content (AvgIpc) is 2.95. The lowest BCUT2D eigenvalue weighted by Crippen LogP contribution is -2.40. The van der Waals surface area contributed by atoms with Crippen LogP contribution in [0.1, 0.15) is 22.3 Å². The van der Waals surface area contributed by atoms with E-state index < -0.39 is 28.2 Å². The van der Waals surface area contributed by atoms with E-state index in [9.17, 15) is 0 Å². The number of hydrogen-bond donors (Lipinski definition) is 0. The van der Waals surface area contributed by atoms with Crippen LogP contribution in [0, 0.1) is 0 Å². The average molecular weight is 620 g/mol. The second kappa shape index (κ2) is 5.63. The van der Waals surface area contributed by atoms with E-state index in [1.54, 1.807) is 12.1 Å². The summed E-state index contributed by atoms with van der Waals surface area (Å²) in [5.41, 5.74) is 1.61. The summed E-state index contributed by atoms with van der Waals surface area (Å²) in [6, 6.07) is 3.21. The molecule has 4 atom stereocenters. The Labute approximate surface area is 219 Å². The third-order valence-electron chi connectivity index (χ3n) is 5.97. The molecule has 0 N–H and O–H groups in total. The van der Waals surface area contributed by atoms with Crippen molar-refractivity contribution in [1.82, 2.24) is 0 Å². The largest absolute Gasteiger partial charge is 0.174 e. The molecular weight excluding hydrogens is 618 g/mol. The highest BCUT2D eigenvalue weighted by atomic mass is 35.5. The Morgan fingerprint density at radius 3 is 0.750 bits per heavy atom. The fraction of sp³-hybridized carbons (Fsp3) is 0.375. The molecule has 5 rings (SSSR count). The molecule has 0 saturated heterocycles. The third-order valence-corrected chi connectivity index (χ3v) is 14.2. The molecule has 1 aromatic carbocycles. The highest BCUT2D eigenvalue weighted by Crippen LogP contribution is 2.81. The molecule has 0 heterocycles. The maximum atomic E-state index is 6.84. The number of halogens is 12. The Morgan fingerprint density at radius 2 is 0.571 bits per heavy atom. The van der Waals surface area contributed by atoms with Crippen LogP contribution in [-0.2, 0) is 19.5 Å². The maximum Gasteiger partial charge on any atom is 0.174 e. The van der Waals surface area contributed by atoms with Gasteiger partial charge in [0.1, 0.15) is 19.5 Å². The second-order valence-electron chi connectivity index (χ2n) is 6.98. The minimum absolute atomic E-state index is 0.0123. The summed E-state index contributed by atoms with van der Waals surface area (Å²) in [5.74, 6) is 0. The van der Waals surface area contributed by atoms with E-state index in [4.69, 9.17) is 139 Å². The van der Waals surface area contributed by atoms with Gasteiger partial charge >= 0.3 is 0 Å². The first-order valence-corrected chi connectivity index (χ1v) is 12.0. The summed E-state index contributed by atoms with van der Waals surface area (Å²) in [4.78, 5) is -6.51. The van der Waals surface area contributed by atoms with Crippen molar-refractivity contribution in [3.63, 3.8) is 0 Å². The molecule has 4 bridgehead atoms. The van der Waals surface area contributed by atoms with Gasteiger partial charge in [0, 0.05) is 0 Å². The van der Waals surface area contributed by atoms with Crippen LogP contribution in [0.3, 0.4) is 0 Å². The first kappa shape index (κ1) is 22.0. The topological polar surface area (TPSA) is 0 Å². The Balaban J connectivity index is 1.92. The molecule has 0 unspecified atom stereocenters. The predicted molar refractivity (Wildman–Crippen MR) is 123 cm³/mol. The first-order chi connectivity index (χ1) is 12.6. The zero-order chi connectivity index (χ0) is 21.0. The smallest absolute Gasteiger partial charge is 0.104 e. The molecule has 28 heavy (non-hydrogen) atoms. The number of alkyl halides is 8. The summed E-state index contributed by atoms with van der Waals surface area (Å²) >= 11 is 79.4. The highest BCUT2D eigenvalue weighted by molar-refractivity contribution is 6.67. The molecule has 0 spiro atoms. The van der Waals surface area contributed by atoms with E-state index in [0.29, 0.717) is 22.3 Å². The minimum atomic E-state index is -1.80. The van der Waals surface area contributed by atoms with Crippen molar-refractivity contribution in [3.8, 4) is 0 Å². The van der Waals surface area contributed by atoms with Gasteiger partial charge in [0.25, 0.3) is 0 Å². The van der Waals surface area contributed by atoms with Crippen LogP contribution in [0.5, 0.6) is 0 Å². The van der Waals surface area contributed by atoms with Gasteiger partial charge in [-0.15, -0.1) is 46.4 Å². The van der Waals surface area contributed by atoms with Crippen molar-refractivity contribution in [2.24, 2.45) is 0 Å². The van der Waals surface area contributed by atoms with Crippen LogP contribution in [0.25, 0.3) is 0 Å². The van der Waals surface area contributed by atoms with Crippen LogP contribution >= 0.6 is 139 Å². The second-order valence-corrected chi connectivity index (χ2v) is 13.4. The molecule has 0 radical (unpaired) electrons. The van der Waals surface area contributed by atoms with Crippen molar-refractivity contribution in [2.75, 3.05) is 0 Å². The normalized spacial score (nSPS) is 43.9. The highest BCUT2D eigenvalue weighted by Gasteiger charge is 2.81. The number of allylic oxidation sites excluding steroid dienone is 4. The van der Waals surface area contributed by atoms with Crippen LogP contribution in [0.4, 0.5) is 0 Å². The van der Waals surface area contributed by atoms with Gasteiger partial charge in [-0.1, -0.05) is 105 Å². The lowest BCUT2D eigenvalue weighted by Gasteiger charge is -2.32. The number of hydrogen-bond acceptors (Lipinski definition) is 0. The lowest BCUT2D eigenvalue weighted by molar-refractivity contribution is 0.623. The van der Waals surface area contributed by atoms with Crippen molar-refractivity contribution >= 4 is 139 Å². The Kier molecular flexibility index (Phi) is 4.42. The van der Waals surface area contributed by atoms with E-state index in [-0.39, 0.29) is 20.1 Å². The van der Waals surface area contributed by atoms with E-state index in [1.807, 2.05) is 0 Å². The quantitative estimate of drug-likeness (QED) is 0.254. The molecule has 0 nitrogen and oxygen atoms in total. The summed E-state index contributed by atoms with van der Waals surface area (Å²) in [7, 11) is 0. The number of benzene rings is 1. The fourth-order valence-electron chi connectivity index (χ4n) is 4.52. The van der Waals surface area contributed by atoms with Gasteiger partial charge in [-0.25, -0.2) is 0 Å². The van der Waals surface area contributed by atoms with Crippen LogP contribution in [0.15, 0.2) is 32.3 Å². The SMILES string of the molecule is ClC1=C(Cl)[C@]2(Cl)c3cc4c(cc3[C@@]1(Cl)C2(Cl)Cl)[C@@]1(Cl)C(Cl)=C(Cl)[C@]4(Cl)C1(Cl)Cl. The van der Waals surface area contributed by atoms with E-state index >= 15 is 0 Å². The van der Waals surface area contributed by atoms with Gasteiger partial charge < -0.3 is 0 Å². The van der Waals surface area contributed by atoms with E-state index in [0.717, 1.165) is 0 Å². The summed E-state index contributed by atoms with van der Waals surface area (Å²) in [5, 5.41) is 0.0494. The molecule has 0 fully saturated rings. The van der Waals surface area contributed by atoms with Crippen LogP contribution < -0.4 is 0 Å². The monoisotopic (exact) mass is 614 g/mol. The zero-order valence-electron chi connectivity index (χ0n) is 12.7. The fourth-order valence-corrected chi connectivity index (χ4v) is 9.88. The Morgan fingerprint density at radius 1 is 0.393 bits per heavy atom. The molecule has 12 heteroatoms. The van der Waals surface area contributed by atoms with Crippen molar-refractivity contribution < 1.29 is 0 Å². The van der Waals surface area contributed by atoms with Gasteiger partial charge in [0.2, 0.25) is 0 Å². The van der Waals surface area contributed by atoms with Gasteiger partial charge in [-0.3, -0.25) is 0 Å². The molecular formula is C16H2Cl12. The lowest BCUT2D eigenvalue weighted by atomic mass is 9.86. The standard InChI is InChI=1S/C16H2Cl12/c17-7-9(19)13(23)5-2-6-4(1-3(5)11(7,21)15(13,25)26)12(22)8(18)10(20)14(6,24)16(12,27)28/h1-2H/t11-,12+,13+,14-. The van der Waals surface area contributed by atoms with Crippen molar-refractivity contribution in [1.29, 1.82) is 0 Å².